The third-order valence-electron chi connectivity index (χ3n) is 2.56. The lowest BCUT2D eigenvalue weighted by molar-refractivity contribution is 0.102. The molecule has 0 unspecified atom stereocenters. The number of amides is 1. The van der Waals surface area contributed by atoms with Crippen LogP contribution in [0.3, 0.4) is 0 Å². The fourth-order valence-electron chi connectivity index (χ4n) is 1.56. The largest absolute Gasteiger partial charge is 0.364 e. The van der Waals surface area contributed by atoms with E-state index in [0.29, 0.717) is 17.1 Å². The zero-order chi connectivity index (χ0) is 13.1. The van der Waals surface area contributed by atoms with E-state index in [9.17, 15) is 9.59 Å². The number of anilines is 1. The molecule has 2 aromatic rings. The van der Waals surface area contributed by atoms with Crippen molar-refractivity contribution in [2.45, 2.75) is 13.8 Å². The van der Waals surface area contributed by atoms with E-state index >= 15 is 0 Å². The standard InChI is InChI=1S/C13H13N3O2/c1-8-6-12(17)10(7-15-8)13(18)16-11-4-3-5-14-9(11)2/h3-7H,1-2H3,(H,15,17)(H,16,18). The Kier molecular flexibility index (Phi) is 3.23. The lowest BCUT2D eigenvalue weighted by atomic mass is 10.2. The highest BCUT2D eigenvalue weighted by Crippen LogP contribution is 2.11. The number of hydrogen-bond acceptors (Lipinski definition) is 3. The smallest absolute Gasteiger partial charge is 0.261 e. The summed E-state index contributed by atoms with van der Waals surface area (Å²) in [6.07, 6.45) is 3.06. The van der Waals surface area contributed by atoms with Crippen LogP contribution >= 0.6 is 0 Å². The van der Waals surface area contributed by atoms with Gasteiger partial charge in [0.1, 0.15) is 5.56 Å². The Morgan fingerprint density at radius 1 is 1.39 bits per heavy atom. The van der Waals surface area contributed by atoms with Gasteiger partial charge in [-0.25, -0.2) is 0 Å². The average Bonchev–Trinajstić information content (AvgIpc) is 2.32. The molecule has 18 heavy (non-hydrogen) atoms. The Morgan fingerprint density at radius 3 is 2.83 bits per heavy atom. The normalized spacial score (nSPS) is 10.1. The van der Waals surface area contributed by atoms with Gasteiger partial charge in [-0.15, -0.1) is 0 Å². The SMILES string of the molecule is Cc1cc(=O)c(C(=O)Nc2cccnc2C)c[nH]1. The van der Waals surface area contributed by atoms with Crippen LogP contribution in [0.2, 0.25) is 0 Å². The topological polar surface area (TPSA) is 74.8 Å². The van der Waals surface area contributed by atoms with Crippen molar-refractivity contribution in [2.75, 3.05) is 5.32 Å². The lowest BCUT2D eigenvalue weighted by Gasteiger charge is -2.06. The number of pyridine rings is 2. The molecule has 2 aromatic heterocycles. The van der Waals surface area contributed by atoms with Crippen LogP contribution in [0.4, 0.5) is 5.69 Å². The van der Waals surface area contributed by atoms with Gasteiger partial charge in [0, 0.05) is 24.2 Å². The van der Waals surface area contributed by atoms with E-state index < -0.39 is 5.91 Å². The third-order valence-corrected chi connectivity index (χ3v) is 2.56. The van der Waals surface area contributed by atoms with Gasteiger partial charge in [-0.05, 0) is 26.0 Å². The van der Waals surface area contributed by atoms with Crippen molar-refractivity contribution in [3.05, 3.63) is 57.8 Å². The predicted molar refractivity (Wildman–Crippen MR) is 68.7 cm³/mol. The Labute approximate surface area is 104 Å². The van der Waals surface area contributed by atoms with Crippen molar-refractivity contribution in [3.8, 4) is 0 Å². The van der Waals surface area contributed by atoms with Gasteiger partial charge >= 0.3 is 0 Å². The summed E-state index contributed by atoms with van der Waals surface area (Å²) in [5, 5.41) is 2.67. The van der Waals surface area contributed by atoms with Crippen LogP contribution in [0.25, 0.3) is 0 Å². The quantitative estimate of drug-likeness (QED) is 0.842. The first-order chi connectivity index (χ1) is 8.58. The molecule has 0 atom stereocenters. The van der Waals surface area contributed by atoms with E-state index in [1.165, 1.54) is 12.3 Å². The van der Waals surface area contributed by atoms with E-state index in [1.807, 2.05) is 0 Å². The molecule has 0 saturated heterocycles. The molecule has 1 amide bonds. The van der Waals surface area contributed by atoms with Gasteiger partial charge in [0.05, 0.1) is 11.4 Å². The van der Waals surface area contributed by atoms with Crippen LogP contribution in [0.15, 0.2) is 35.4 Å². The van der Waals surface area contributed by atoms with Crippen LogP contribution in [0.5, 0.6) is 0 Å². The Bertz CT molecular complexity index is 647. The van der Waals surface area contributed by atoms with Crippen LogP contribution in [0, 0.1) is 13.8 Å². The summed E-state index contributed by atoms with van der Waals surface area (Å²) >= 11 is 0. The molecule has 0 aliphatic carbocycles. The van der Waals surface area contributed by atoms with Gasteiger partial charge < -0.3 is 10.3 Å². The summed E-state index contributed by atoms with van der Waals surface area (Å²) in [4.78, 5) is 30.5. The van der Waals surface area contributed by atoms with Crippen molar-refractivity contribution in [3.63, 3.8) is 0 Å². The molecular weight excluding hydrogens is 230 g/mol. The first-order valence-electron chi connectivity index (χ1n) is 5.50. The third kappa shape index (κ3) is 2.45. The minimum Gasteiger partial charge on any atom is -0.364 e. The molecule has 2 heterocycles. The number of aromatic nitrogens is 2. The van der Waals surface area contributed by atoms with E-state index in [4.69, 9.17) is 0 Å². The van der Waals surface area contributed by atoms with Crippen LogP contribution in [-0.4, -0.2) is 15.9 Å². The molecule has 0 aliphatic heterocycles. The summed E-state index contributed by atoms with van der Waals surface area (Å²) < 4.78 is 0. The number of carbonyl (C=O) groups excluding carboxylic acids is 1. The molecule has 2 rings (SSSR count). The van der Waals surface area contributed by atoms with Crippen molar-refractivity contribution >= 4 is 11.6 Å². The maximum absolute atomic E-state index is 11.9. The summed E-state index contributed by atoms with van der Waals surface area (Å²) in [6.45, 7) is 3.54. The highest BCUT2D eigenvalue weighted by Gasteiger charge is 2.11. The molecule has 0 aliphatic rings. The summed E-state index contributed by atoms with van der Waals surface area (Å²) in [7, 11) is 0. The maximum atomic E-state index is 11.9. The molecule has 0 spiro atoms. The van der Waals surface area contributed by atoms with Crippen LogP contribution in [0.1, 0.15) is 21.7 Å². The molecular formula is C13H13N3O2. The second-order valence-corrected chi connectivity index (χ2v) is 3.98. The Balaban J connectivity index is 2.28. The van der Waals surface area contributed by atoms with Gasteiger partial charge in [-0.2, -0.15) is 0 Å². The monoisotopic (exact) mass is 243 g/mol. The number of aromatic amines is 1. The average molecular weight is 243 g/mol. The highest BCUT2D eigenvalue weighted by atomic mass is 16.2. The summed E-state index contributed by atoms with van der Waals surface area (Å²) in [6, 6.07) is 4.86. The zero-order valence-corrected chi connectivity index (χ0v) is 10.2. The number of nitrogens with zero attached hydrogens (tertiary/aromatic N) is 1. The number of carbonyl (C=O) groups is 1. The molecule has 5 nitrogen and oxygen atoms in total. The first-order valence-corrected chi connectivity index (χ1v) is 5.50. The fourth-order valence-corrected chi connectivity index (χ4v) is 1.56. The zero-order valence-electron chi connectivity index (χ0n) is 10.2. The molecule has 0 radical (unpaired) electrons. The van der Waals surface area contributed by atoms with Crippen LogP contribution in [-0.2, 0) is 0 Å². The molecule has 0 bridgehead atoms. The predicted octanol–water partition coefficient (Wildman–Crippen LogP) is 1.64. The number of nitrogens with one attached hydrogen (secondary N) is 2. The molecule has 0 aromatic carbocycles. The van der Waals surface area contributed by atoms with E-state index in [2.05, 4.69) is 15.3 Å². The second-order valence-electron chi connectivity index (χ2n) is 3.98. The molecule has 2 N–H and O–H groups in total. The van der Waals surface area contributed by atoms with E-state index in [-0.39, 0.29) is 11.0 Å². The number of hydrogen-bond donors (Lipinski definition) is 2. The molecule has 0 fully saturated rings. The first kappa shape index (κ1) is 12.0. The van der Waals surface area contributed by atoms with Gasteiger partial charge in [0.15, 0.2) is 5.43 Å². The molecule has 5 heteroatoms. The minimum atomic E-state index is -0.438. The van der Waals surface area contributed by atoms with Gasteiger partial charge in [0.25, 0.3) is 5.91 Å². The number of H-pyrrole nitrogens is 1. The molecule has 0 saturated carbocycles. The van der Waals surface area contributed by atoms with Crippen molar-refractivity contribution in [1.82, 2.24) is 9.97 Å². The van der Waals surface area contributed by atoms with E-state index in [0.717, 1.165) is 0 Å². The number of rotatable bonds is 2. The van der Waals surface area contributed by atoms with E-state index in [1.54, 1.807) is 32.2 Å². The van der Waals surface area contributed by atoms with Crippen molar-refractivity contribution < 1.29 is 4.79 Å². The van der Waals surface area contributed by atoms with Gasteiger partial charge in [0.2, 0.25) is 0 Å². The lowest BCUT2D eigenvalue weighted by Crippen LogP contribution is -2.22. The fraction of sp³-hybridized carbons (Fsp3) is 0.154. The van der Waals surface area contributed by atoms with Gasteiger partial charge in [-0.1, -0.05) is 0 Å². The van der Waals surface area contributed by atoms with Crippen molar-refractivity contribution in [1.29, 1.82) is 0 Å². The summed E-state index contributed by atoms with van der Waals surface area (Å²) in [5.74, 6) is -0.438. The number of aryl methyl sites for hydroxylation is 2. The molecule has 92 valence electrons. The Hall–Kier alpha value is -2.43. The summed E-state index contributed by atoms with van der Waals surface area (Å²) in [5.41, 5.74) is 1.81. The second kappa shape index (κ2) is 4.83. The highest BCUT2D eigenvalue weighted by molar-refractivity contribution is 6.04. The Morgan fingerprint density at radius 2 is 2.17 bits per heavy atom. The van der Waals surface area contributed by atoms with Gasteiger partial charge in [-0.3, -0.25) is 14.6 Å². The van der Waals surface area contributed by atoms with Crippen molar-refractivity contribution in [2.24, 2.45) is 0 Å². The maximum Gasteiger partial charge on any atom is 0.261 e. The minimum absolute atomic E-state index is 0.0869. The van der Waals surface area contributed by atoms with Crippen LogP contribution < -0.4 is 10.7 Å².